The summed E-state index contributed by atoms with van der Waals surface area (Å²) >= 11 is 0. The summed E-state index contributed by atoms with van der Waals surface area (Å²) in [6, 6.07) is 12.1. The van der Waals surface area contributed by atoms with E-state index in [1.807, 2.05) is 24.3 Å². The molecule has 122 valence electrons. The zero-order valence-corrected chi connectivity index (χ0v) is 13.9. The van der Waals surface area contributed by atoms with Gasteiger partial charge in [-0.3, -0.25) is 4.98 Å². The van der Waals surface area contributed by atoms with Crippen molar-refractivity contribution in [2.75, 3.05) is 18.0 Å². The van der Waals surface area contributed by atoms with Gasteiger partial charge in [0.25, 0.3) is 0 Å². The van der Waals surface area contributed by atoms with Gasteiger partial charge in [0.1, 0.15) is 17.4 Å². The summed E-state index contributed by atoms with van der Waals surface area (Å²) in [5, 5.41) is 9.55. The number of nitrogens with two attached hydrogens (primary N) is 1. The molecule has 5 heteroatoms. The minimum atomic E-state index is -0.229. The lowest BCUT2D eigenvalue weighted by Crippen LogP contribution is -2.24. The van der Waals surface area contributed by atoms with E-state index in [1.165, 1.54) is 0 Å². The maximum Gasteiger partial charge on any atom is 0.205 e. The maximum atomic E-state index is 9.55. The lowest BCUT2D eigenvalue weighted by atomic mass is 9.84. The van der Waals surface area contributed by atoms with Gasteiger partial charge in [0.2, 0.25) is 5.88 Å². The molecule has 2 heterocycles. The highest BCUT2D eigenvalue weighted by molar-refractivity contribution is 5.61. The van der Waals surface area contributed by atoms with Crippen molar-refractivity contribution in [2.24, 2.45) is 5.73 Å². The van der Waals surface area contributed by atoms with Gasteiger partial charge in [0, 0.05) is 42.8 Å². The number of anilines is 1. The van der Waals surface area contributed by atoms with E-state index >= 15 is 0 Å². The second-order valence-electron chi connectivity index (χ2n) is 5.60. The SMILES string of the molecule is CCN(CC)c1ccc2c(c1)OC(N)=C(C#N)[C@@H]2c1ccncc1. The first-order chi connectivity index (χ1) is 11.7. The number of aromatic nitrogens is 1. The molecule has 1 aliphatic heterocycles. The number of hydrogen-bond acceptors (Lipinski definition) is 5. The topological polar surface area (TPSA) is 75.2 Å². The summed E-state index contributed by atoms with van der Waals surface area (Å²) in [6.07, 6.45) is 3.44. The predicted octanol–water partition coefficient (Wildman–Crippen LogP) is 3.15. The van der Waals surface area contributed by atoms with Crippen molar-refractivity contribution in [1.29, 1.82) is 5.26 Å². The number of rotatable bonds is 4. The van der Waals surface area contributed by atoms with Gasteiger partial charge in [0.15, 0.2) is 0 Å². The minimum absolute atomic E-state index is 0.170. The fraction of sp³-hybridized carbons (Fsp3) is 0.263. The average Bonchev–Trinajstić information content (AvgIpc) is 2.62. The van der Waals surface area contributed by atoms with E-state index < -0.39 is 0 Å². The van der Waals surface area contributed by atoms with E-state index in [9.17, 15) is 5.26 Å². The van der Waals surface area contributed by atoms with Gasteiger partial charge in [-0.05, 0) is 37.6 Å². The molecule has 0 spiro atoms. The summed E-state index contributed by atoms with van der Waals surface area (Å²) in [7, 11) is 0. The summed E-state index contributed by atoms with van der Waals surface area (Å²) in [4.78, 5) is 6.30. The van der Waals surface area contributed by atoms with Crippen molar-refractivity contribution in [1.82, 2.24) is 4.98 Å². The van der Waals surface area contributed by atoms with Crippen LogP contribution in [0.3, 0.4) is 0 Å². The summed E-state index contributed by atoms with van der Waals surface area (Å²) in [6.45, 7) is 6.06. The summed E-state index contributed by atoms with van der Waals surface area (Å²) in [5.41, 5.74) is 9.47. The number of nitriles is 1. The monoisotopic (exact) mass is 320 g/mol. The number of hydrogen-bond donors (Lipinski definition) is 1. The minimum Gasteiger partial charge on any atom is -0.440 e. The van der Waals surface area contributed by atoms with Crippen LogP contribution in [0.1, 0.15) is 30.9 Å². The van der Waals surface area contributed by atoms with Crippen LogP contribution in [0.25, 0.3) is 0 Å². The standard InChI is InChI=1S/C19H20N4O/c1-3-23(4-2)14-5-6-15-17(11-14)24-19(21)16(12-20)18(15)13-7-9-22-10-8-13/h5-11,18H,3-4,21H2,1-2H3/t18-/m1/s1. The van der Waals surface area contributed by atoms with Crippen LogP contribution in [0.4, 0.5) is 5.69 Å². The zero-order valence-electron chi connectivity index (χ0n) is 13.9. The summed E-state index contributed by atoms with van der Waals surface area (Å²) in [5.74, 6) is 0.647. The normalized spacial score (nSPS) is 16.1. The van der Waals surface area contributed by atoms with Crippen LogP contribution in [-0.2, 0) is 0 Å². The molecule has 0 bridgehead atoms. The molecule has 1 atom stereocenters. The van der Waals surface area contributed by atoms with Crippen LogP contribution in [0.15, 0.2) is 54.2 Å². The van der Waals surface area contributed by atoms with E-state index in [1.54, 1.807) is 12.4 Å². The first kappa shape index (κ1) is 15.9. The molecule has 0 radical (unpaired) electrons. The van der Waals surface area contributed by atoms with Crippen molar-refractivity contribution in [2.45, 2.75) is 19.8 Å². The van der Waals surface area contributed by atoms with E-state index in [0.29, 0.717) is 11.3 Å². The third-order valence-corrected chi connectivity index (χ3v) is 4.37. The third-order valence-electron chi connectivity index (χ3n) is 4.37. The number of pyridine rings is 1. The van der Waals surface area contributed by atoms with Gasteiger partial charge in [0.05, 0.1) is 5.92 Å². The van der Waals surface area contributed by atoms with Crippen LogP contribution >= 0.6 is 0 Å². The Kier molecular flexibility index (Phi) is 4.39. The number of fused-ring (bicyclic) bond motifs is 1. The molecule has 0 amide bonds. The predicted molar refractivity (Wildman–Crippen MR) is 93.5 cm³/mol. The molecule has 2 N–H and O–H groups in total. The largest absolute Gasteiger partial charge is 0.440 e. The second-order valence-corrected chi connectivity index (χ2v) is 5.60. The van der Waals surface area contributed by atoms with E-state index in [4.69, 9.17) is 10.5 Å². The molecular weight excluding hydrogens is 300 g/mol. The Morgan fingerprint density at radius 3 is 2.54 bits per heavy atom. The van der Waals surface area contributed by atoms with Gasteiger partial charge in [-0.2, -0.15) is 5.26 Å². The van der Waals surface area contributed by atoms with Gasteiger partial charge in [-0.1, -0.05) is 6.07 Å². The fourth-order valence-corrected chi connectivity index (χ4v) is 3.13. The molecule has 0 unspecified atom stereocenters. The van der Waals surface area contributed by atoms with Crippen molar-refractivity contribution in [3.8, 4) is 11.8 Å². The number of ether oxygens (including phenoxy) is 1. The van der Waals surface area contributed by atoms with E-state index in [2.05, 4.69) is 35.9 Å². The zero-order chi connectivity index (χ0) is 17.1. The number of allylic oxidation sites excluding steroid dienone is 1. The Labute approximate surface area is 142 Å². The number of benzene rings is 1. The summed E-state index contributed by atoms with van der Waals surface area (Å²) < 4.78 is 5.76. The van der Waals surface area contributed by atoms with Crippen LogP contribution in [0, 0.1) is 11.3 Å². The van der Waals surface area contributed by atoms with Gasteiger partial charge >= 0.3 is 0 Å². The van der Waals surface area contributed by atoms with Gasteiger partial charge in [-0.15, -0.1) is 0 Å². The highest BCUT2D eigenvalue weighted by atomic mass is 16.5. The molecule has 3 rings (SSSR count). The molecule has 0 saturated heterocycles. The molecule has 0 fully saturated rings. The van der Waals surface area contributed by atoms with Gasteiger partial charge < -0.3 is 15.4 Å². The Morgan fingerprint density at radius 1 is 1.21 bits per heavy atom. The second kappa shape index (κ2) is 6.63. The molecule has 0 aliphatic carbocycles. The molecule has 1 aromatic heterocycles. The highest BCUT2D eigenvalue weighted by Gasteiger charge is 2.30. The lowest BCUT2D eigenvalue weighted by Gasteiger charge is -2.28. The van der Waals surface area contributed by atoms with Crippen molar-refractivity contribution < 1.29 is 4.74 Å². The Bertz CT molecular complexity index is 804. The Hall–Kier alpha value is -3.00. The van der Waals surface area contributed by atoms with Crippen LogP contribution in [0.5, 0.6) is 5.75 Å². The van der Waals surface area contributed by atoms with Crippen LogP contribution < -0.4 is 15.4 Å². The first-order valence-corrected chi connectivity index (χ1v) is 8.06. The molecule has 1 aromatic carbocycles. The smallest absolute Gasteiger partial charge is 0.205 e. The van der Waals surface area contributed by atoms with Crippen LogP contribution in [0.2, 0.25) is 0 Å². The Balaban J connectivity index is 2.13. The van der Waals surface area contributed by atoms with Gasteiger partial charge in [-0.25, -0.2) is 0 Å². The molecular formula is C19H20N4O. The molecule has 0 saturated carbocycles. The lowest BCUT2D eigenvalue weighted by molar-refractivity contribution is 0.393. The highest BCUT2D eigenvalue weighted by Crippen LogP contribution is 2.43. The maximum absolute atomic E-state index is 9.55. The molecule has 1 aliphatic rings. The fourth-order valence-electron chi connectivity index (χ4n) is 3.13. The van der Waals surface area contributed by atoms with Crippen molar-refractivity contribution >= 4 is 5.69 Å². The average molecular weight is 320 g/mol. The third kappa shape index (κ3) is 2.67. The quantitative estimate of drug-likeness (QED) is 0.936. The van der Waals surface area contributed by atoms with E-state index in [-0.39, 0.29) is 11.8 Å². The van der Waals surface area contributed by atoms with Crippen molar-refractivity contribution in [3.05, 3.63) is 65.3 Å². The molecule has 24 heavy (non-hydrogen) atoms. The van der Waals surface area contributed by atoms with Crippen molar-refractivity contribution in [3.63, 3.8) is 0 Å². The first-order valence-electron chi connectivity index (χ1n) is 8.06. The van der Waals surface area contributed by atoms with Crippen LogP contribution in [-0.4, -0.2) is 18.1 Å². The number of nitrogens with zero attached hydrogens (tertiary/aromatic N) is 3. The van der Waals surface area contributed by atoms with E-state index in [0.717, 1.165) is 29.9 Å². The molecule has 5 nitrogen and oxygen atoms in total. The molecule has 2 aromatic rings. The Morgan fingerprint density at radius 2 is 1.92 bits per heavy atom.